The van der Waals surface area contributed by atoms with E-state index in [4.69, 9.17) is 14.4 Å². The van der Waals surface area contributed by atoms with Gasteiger partial charge >= 0.3 is 0 Å². The van der Waals surface area contributed by atoms with E-state index in [1.165, 1.54) is 19.2 Å². The molecule has 1 aromatic heterocycles. The summed E-state index contributed by atoms with van der Waals surface area (Å²) in [6.07, 6.45) is 0.333. The highest BCUT2D eigenvalue weighted by atomic mass is 32.2. The van der Waals surface area contributed by atoms with E-state index in [-0.39, 0.29) is 17.5 Å². The van der Waals surface area contributed by atoms with Crippen LogP contribution in [0.25, 0.3) is 0 Å². The molecule has 0 fully saturated rings. The number of carbonyl (C=O) groups is 1. The number of nitrogens with one attached hydrogen (secondary N) is 2. The van der Waals surface area contributed by atoms with Crippen LogP contribution < -0.4 is 14.8 Å². The van der Waals surface area contributed by atoms with E-state index in [1.807, 2.05) is 18.2 Å². The fourth-order valence-electron chi connectivity index (χ4n) is 2.60. The predicted octanol–water partition coefficient (Wildman–Crippen LogP) is 3.09. The molecule has 154 valence electrons. The Morgan fingerprint density at radius 1 is 1.10 bits per heavy atom. The van der Waals surface area contributed by atoms with Crippen molar-refractivity contribution in [3.05, 3.63) is 77.6 Å². The Bertz CT molecular complexity index is 1180. The number of sulfonamides is 1. The maximum Gasteiger partial charge on any atom is 0.291 e. The first-order valence-electron chi connectivity index (χ1n) is 8.94. The summed E-state index contributed by atoms with van der Waals surface area (Å²) in [5.74, 6) is -0.0840. The Morgan fingerprint density at radius 2 is 1.83 bits per heavy atom. The summed E-state index contributed by atoms with van der Waals surface area (Å²) in [5.41, 5.74) is 2.13. The first-order chi connectivity index (χ1) is 14.4. The molecule has 3 rings (SSSR count). The van der Waals surface area contributed by atoms with Crippen LogP contribution in [0.2, 0.25) is 0 Å². The van der Waals surface area contributed by atoms with Crippen LogP contribution in [0.15, 0.2) is 70.2 Å². The van der Waals surface area contributed by atoms with Gasteiger partial charge in [0, 0.05) is 11.3 Å². The van der Waals surface area contributed by atoms with Gasteiger partial charge in [0.1, 0.15) is 12.4 Å². The molecule has 2 aromatic carbocycles. The number of nitrogens with zero attached hydrogens (tertiary/aromatic N) is 1. The SMILES string of the molecule is CNS(=O)(=O)c1ccc(C(=O)Nc2ccccc2COc2ccc(CC#N)cc2)o1. The van der Waals surface area contributed by atoms with Gasteiger partial charge in [-0.25, -0.2) is 13.1 Å². The summed E-state index contributed by atoms with van der Waals surface area (Å²) < 4.78 is 36.6. The summed E-state index contributed by atoms with van der Waals surface area (Å²) in [6, 6.07) is 18.9. The fraction of sp³-hybridized carbons (Fsp3) is 0.143. The molecule has 8 nitrogen and oxygen atoms in total. The molecule has 9 heteroatoms. The Labute approximate surface area is 174 Å². The summed E-state index contributed by atoms with van der Waals surface area (Å²) in [5, 5.41) is 11.1. The lowest BCUT2D eigenvalue weighted by molar-refractivity contribution is 0.0991. The number of carbonyl (C=O) groups excluding carboxylic acids is 1. The van der Waals surface area contributed by atoms with Crippen molar-refractivity contribution in [1.82, 2.24) is 4.72 Å². The van der Waals surface area contributed by atoms with E-state index in [9.17, 15) is 13.2 Å². The van der Waals surface area contributed by atoms with E-state index in [1.54, 1.807) is 30.3 Å². The first-order valence-corrected chi connectivity index (χ1v) is 10.4. The van der Waals surface area contributed by atoms with Gasteiger partial charge in [-0.2, -0.15) is 5.26 Å². The van der Waals surface area contributed by atoms with Gasteiger partial charge in [-0.05, 0) is 42.9 Å². The molecule has 0 saturated heterocycles. The number of ether oxygens (including phenoxy) is 1. The van der Waals surface area contributed by atoms with E-state index in [0.29, 0.717) is 17.9 Å². The van der Waals surface area contributed by atoms with Crippen LogP contribution >= 0.6 is 0 Å². The number of nitriles is 1. The number of para-hydroxylation sites is 1. The van der Waals surface area contributed by atoms with Gasteiger partial charge in [-0.3, -0.25) is 4.79 Å². The average molecular weight is 425 g/mol. The molecule has 0 spiro atoms. The monoisotopic (exact) mass is 425 g/mol. The Morgan fingerprint density at radius 3 is 2.53 bits per heavy atom. The van der Waals surface area contributed by atoms with Gasteiger partial charge in [-0.1, -0.05) is 30.3 Å². The summed E-state index contributed by atoms with van der Waals surface area (Å²) in [7, 11) is -2.52. The number of rotatable bonds is 8. The third kappa shape index (κ3) is 5.05. The van der Waals surface area contributed by atoms with Crippen LogP contribution in [0, 0.1) is 11.3 Å². The molecule has 0 aliphatic heterocycles. The minimum atomic E-state index is -3.77. The highest BCUT2D eigenvalue weighted by Gasteiger charge is 2.20. The van der Waals surface area contributed by atoms with Crippen LogP contribution in [0.3, 0.4) is 0 Å². The second-order valence-electron chi connectivity index (χ2n) is 6.21. The van der Waals surface area contributed by atoms with E-state index in [2.05, 4.69) is 16.1 Å². The lowest BCUT2D eigenvalue weighted by Gasteiger charge is -2.12. The molecule has 1 amide bonds. The zero-order valence-corrected chi connectivity index (χ0v) is 16.9. The quantitative estimate of drug-likeness (QED) is 0.572. The van der Waals surface area contributed by atoms with Crippen LogP contribution in [0.5, 0.6) is 5.75 Å². The van der Waals surface area contributed by atoms with E-state index in [0.717, 1.165) is 11.1 Å². The van der Waals surface area contributed by atoms with Crippen LogP contribution in [0.1, 0.15) is 21.7 Å². The largest absolute Gasteiger partial charge is 0.489 e. The van der Waals surface area contributed by atoms with Gasteiger partial charge in [0.25, 0.3) is 15.9 Å². The van der Waals surface area contributed by atoms with Crippen LogP contribution in [-0.2, 0) is 23.1 Å². The van der Waals surface area contributed by atoms with Crippen LogP contribution in [0.4, 0.5) is 5.69 Å². The Balaban J connectivity index is 1.69. The van der Waals surface area contributed by atoms with Crippen molar-refractivity contribution in [2.75, 3.05) is 12.4 Å². The lowest BCUT2D eigenvalue weighted by atomic mass is 10.1. The molecule has 0 saturated carbocycles. The maximum atomic E-state index is 12.5. The minimum absolute atomic E-state index is 0.132. The summed E-state index contributed by atoms with van der Waals surface area (Å²) in [6.45, 7) is 0.200. The van der Waals surface area contributed by atoms with Crippen molar-refractivity contribution in [3.63, 3.8) is 0 Å². The average Bonchev–Trinajstić information content (AvgIpc) is 3.26. The molecule has 1 heterocycles. The lowest BCUT2D eigenvalue weighted by Crippen LogP contribution is -2.18. The van der Waals surface area contributed by atoms with Crippen LogP contribution in [-0.4, -0.2) is 21.4 Å². The molecule has 0 unspecified atom stereocenters. The standard InChI is InChI=1S/C21H19N3O5S/c1-23-30(26,27)20-11-10-19(29-20)21(25)24-18-5-3-2-4-16(18)14-28-17-8-6-15(7-9-17)12-13-22/h2-11,23H,12,14H2,1H3,(H,24,25). The zero-order chi connectivity index (χ0) is 21.6. The van der Waals surface area contributed by atoms with Crippen molar-refractivity contribution >= 4 is 21.6 Å². The Hall–Kier alpha value is -3.61. The molecule has 3 aromatic rings. The highest BCUT2D eigenvalue weighted by Crippen LogP contribution is 2.21. The predicted molar refractivity (Wildman–Crippen MR) is 109 cm³/mol. The number of anilines is 1. The van der Waals surface area contributed by atoms with Gasteiger partial charge in [0.15, 0.2) is 5.76 Å². The number of amides is 1. The topological polar surface area (TPSA) is 121 Å². The molecule has 0 bridgehead atoms. The number of hydrogen-bond donors (Lipinski definition) is 2. The van der Waals surface area contributed by atoms with Gasteiger partial charge in [0.05, 0.1) is 12.5 Å². The highest BCUT2D eigenvalue weighted by molar-refractivity contribution is 7.89. The van der Waals surface area contributed by atoms with Gasteiger partial charge < -0.3 is 14.5 Å². The second kappa shape index (κ2) is 9.26. The molecule has 30 heavy (non-hydrogen) atoms. The Kier molecular flexibility index (Phi) is 6.51. The summed E-state index contributed by atoms with van der Waals surface area (Å²) >= 11 is 0. The summed E-state index contributed by atoms with van der Waals surface area (Å²) in [4.78, 5) is 12.5. The normalized spacial score (nSPS) is 10.9. The van der Waals surface area contributed by atoms with Crippen molar-refractivity contribution < 1.29 is 22.4 Å². The molecule has 0 aliphatic rings. The molecule has 2 N–H and O–H groups in total. The fourth-order valence-corrected chi connectivity index (χ4v) is 3.24. The smallest absolute Gasteiger partial charge is 0.291 e. The third-order valence-corrected chi connectivity index (χ3v) is 5.49. The van der Waals surface area contributed by atoms with E-state index >= 15 is 0 Å². The van der Waals surface area contributed by atoms with Crippen molar-refractivity contribution in [3.8, 4) is 11.8 Å². The zero-order valence-electron chi connectivity index (χ0n) is 16.1. The molecule has 0 atom stereocenters. The molecular weight excluding hydrogens is 406 g/mol. The maximum absolute atomic E-state index is 12.5. The van der Waals surface area contributed by atoms with E-state index < -0.39 is 15.9 Å². The van der Waals surface area contributed by atoms with Crippen molar-refractivity contribution in [2.45, 2.75) is 18.1 Å². The number of hydrogen-bond acceptors (Lipinski definition) is 6. The van der Waals surface area contributed by atoms with Gasteiger partial charge in [0.2, 0.25) is 5.09 Å². The number of benzene rings is 2. The van der Waals surface area contributed by atoms with Crippen molar-refractivity contribution in [1.29, 1.82) is 5.26 Å². The van der Waals surface area contributed by atoms with Gasteiger partial charge in [-0.15, -0.1) is 0 Å². The first kappa shape index (κ1) is 21.1. The number of furan rings is 1. The molecular formula is C21H19N3O5S. The van der Waals surface area contributed by atoms with Crippen molar-refractivity contribution in [2.24, 2.45) is 0 Å². The minimum Gasteiger partial charge on any atom is -0.489 e. The molecule has 0 radical (unpaired) electrons. The second-order valence-corrected chi connectivity index (χ2v) is 8.02. The molecule has 0 aliphatic carbocycles. The third-order valence-electron chi connectivity index (χ3n) is 4.21.